The van der Waals surface area contributed by atoms with E-state index in [0.717, 1.165) is 46.2 Å². The van der Waals surface area contributed by atoms with Gasteiger partial charge in [-0.05, 0) is 105 Å². The van der Waals surface area contributed by atoms with E-state index in [1.54, 1.807) is 25.7 Å². The topological polar surface area (TPSA) is 162 Å². The number of rotatable bonds is 16. The number of carbonyl (C=O) groups is 5. The van der Waals surface area contributed by atoms with Crippen molar-refractivity contribution in [2.24, 2.45) is 5.92 Å². The number of fused-ring (bicyclic) bond motifs is 3. The van der Waals surface area contributed by atoms with Crippen molar-refractivity contribution in [3.05, 3.63) is 89.0 Å². The number of hydrogen-bond donors (Lipinski definition) is 3. The molecule has 0 aromatic heterocycles. The second-order valence-electron chi connectivity index (χ2n) is 16.0. The maximum absolute atomic E-state index is 13.4. The molecule has 1 fully saturated rings. The molecule has 0 radical (unpaired) electrons. The summed E-state index contributed by atoms with van der Waals surface area (Å²) in [4.78, 5) is 66.1. The van der Waals surface area contributed by atoms with Crippen LogP contribution < -0.4 is 20.7 Å². The lowest BCUT2D eigenvalue weighted by atomic mass is 9.94. The zero-order valence-electron chi connectivity index (χ0n) is 34.6. The lowest BCUT2D eigenvalue weighted by molar-refractivity contribution is -0.146. The predicted octanol–water partition coefficient (Wildman–Crippen LogP) is 6.40. The number of esters is 1. The molecule has 1 aliphatic carbocycles. The van der Waals surface area contributed by atoms with E-state index in [4.69, 9.17) is 25.4 Å². The lowest BCUT2D eigenvalue weighted by Crippen LogP contribution is -2.48. The smallest absolute Gasteiger partial charge is 0.408 e. The zero-order chi connectivity index (χ0) is 42.5. The molecule has 1 aliphatic heterocycles. The fourth-order valence-corrected chi connectivity index (χ4v) is 7.47. The number of likely N-dealkylation sites (tertiary alicyclic amines) is 1. The summed E-state index contributed by atoms with van der Waals surface area (Å²) in [5.41, 5.74) is 5.47. The average molecular weight is 809 g/mol. The Morgan fingerprint density at radius 3 is 2.27 bits per heavy atom. The Bertz CT molecular complexity index is 1970. The second-order valence-corrected chi connectivity index (χ2v) is 16.0. The van der Waals surface area contributed by atoms with Crippen LogP contribution in [-0.2, 0) is 35.1 Å². The number of hydrogen-bond acceptors (Lipinski definition) is 9. The number of benzene rings is 3. The fourth-order valence-electron chi connectivity index (χ4n) is 7.47. The van der Waals surface area contributed by atoms with Gasteiger partial charge in [0.15, 0.2) is 0 Å². The average Bonchev–Trinajstić information content (AvgIpc) is 3.53. The Labute approximate surface area is 346 Å². The van der Waals surface area contributed by atoms with Crippen LogP contribution in [0.3, 0.4) is 0 Å². The van der Waals surface area contributed by atoms with Gasteiger partial charge in [-0.3, -0.25) is 9.59 Å². The first-order valence-corrected chi connectivity index (χ1v) is 20.2. The van der Waals surface area contributed by atoms with Crippen molar-refractivity contribution < 1.29 is 42.9 Å². The number of nitrogens with one attached hydrogen (secondary N) is 3. The predicted molar refractivity (Wildman–Crippen MR) is 222 cm³/mol. The SMILES string of the molecule is C#CCC[C@H](NC(=O)OCC1c2ccccc2-c2ccccc21)C(=O)NCc1cc(OCCC2CCCN(C(=O)C[C@H](NC(=O)OC(C)(C)C)C(=O)OC)C2)ccc1C. The highest BCUT2D eigenvalue weighted by Gasteiger charge is 2.32. The van der Waals surface area contributed by atoms with Crippen LogP contribution in [0.5, 0.6) is 5.75 Å². The Morgan fingerprint density at radius 2 is 1.61 bits per heavy atom. The quantitative estimate of drug-likeness (QED) is 0.0846. The van der Waals surface area contributed by atoms with Gasteiger partial charge in [-0.2, -0.15) is 0 Å². The third-order valence-corrected chi connectivity index (χ3v) is 10.5. The summed E-state index contributed by atoms with van der Waals surface area (Å²) in [6, 6.07) is 19.8. The van der Waals surface area contributed by atoms with Crippen molar-refractivity contribution in [3.8, 4) is 29.2 Å². The van der Waals surface area contributed by atoms with E-state index in [2.05, 4.69) is 34.0 Å². The van der Waals surface area contributed by atoms with Crippen molar-refractivity contribution in [1.29, 1.82) is 0 Å². The highest BCUT2D eigenvalue weighted by molar-refractivity contribution is 5.88. The van der Waals surface area contributed by atoms with Gasteiger partial charge < -0.3 is 39.8 Å². The van der Waals surface area contributed by atoms with E-state index in [-0.39, 0.29) is 56.1 Å². The maximum atomic E-state index is 13.4. The number of aryl methyl sites for hydroxylation is 1. The van der Waals surface area contributed by atoms with Crippen molar-refractivity contribution in [2.75, 3.05) is 33.4 Å². The fraction of sp³-hybridized carbons (Fsp3) is 0.457. The summed E-state index contributed by atoms with van der Waals surface area (Å²) in [6.07, 6.45) is 6.72. The molecule has 3 N–H and O–H groups in total. The van der Waals surface area contributed by atoms with Crippen molar-refractivity contribution >= 4 is 30.0 Å². The van der Waals surface area contributed by atoms with Crippen molar-refractivity contribution in [1.82, 2.24) is 20.9 Å². The first kappa shape index (κ1) is 44.1. The standard InChI is InChI=1S/C46H56N4O9/c1-7-8-19-39(48-44(54)58-29-38-36-17-11-9-15-34(36)35-16-10-12-18-37(35)38)42(52)47-27-32-25-33(21-20-30(32)2)57-24-22-31-14-13-23-50(28-31)41(51)26-40(43(53)56-6)49-45(55)59-46(3,4)5/h1,9-12,15-18,20-21,25,31,38-40H,8,13-14,19,22-24,26-29H2,2-6H3,(H,47,52)(H,48,54)(H,49,55)/t31?,39-,40-/m0/s1. The summed E-state index contributed by atoms with van der Waals surface area (Å²) in [6.45, 7) is 8.84. The molecule has 0 spiro atoms. The van der Waals surface area contributed by atoms with Crippen LogP contribution in [-0.4, -0.2) is 86.0 Å². The van der Waals surface area contributed by atoms with Gasteiger partial charge in [-0.1, -0.05) is 54.6 Å². The van der Waals surface area contributed by atoms with Gasteiger partial charge in [0.2, 0.25) is 11.8 Å². The summed E-state index contributed by atoms with van der Waals surface area (Å²) in [7, 11) is 1.20. The molecule has 3 atom stereocenters. The molecule has 13 nitrogen and oxygen atoms in total. The molecule has 0 saturated carbocycles. The van der Waals surface area contributed by atoms with Gasteiger partial charge >= 0.3 is 18.2 Å². The molecule has 0 bridgehead atoms. The molecule has 59 heavy (non-hydrogen) atoms. The van der Waals surface area contributed by atoms with Crippen LogP contribution in [0.4, 0.5) is 9.59 Å². The van der Waals surface area contributed by atoms with Crippen LogP contribution in [0.2, 0.25) is 0 Å². The minimum Gasteiger partial charge on any atom is -0.494 e. The van der Waals surface area contributed by atoms with Crippen LogP contribution in [0.1, 0.15) is 87.5 Å². The largest absolute Gasteiger partial charge is 0.494 e. The molecular formula is C46H56N4O9. The lowest BCUT2D eigenvalue weighted by Gasteiger charge is -2.33. The Balaban J connectivity index is 1.09. The van der Waals surface area contributed by atoms with Crippen LogP contribution >= 0.6 is 0 Å². The van der Waals surface area contributed by atoms with Crippen LogP contribution in [0, 0.1) is 25.2 Å². The van der Waals surface area contributed by atoms with Crippen LogP contribution in [0.25, 0.3) is 11.1 Å². The van der Waals surface area contributed by atoms with Crippen molar-refractivity contribution in [3.63, 3.8) is 0 Å². The molecule has 3 aromatic rings. The highest BCUT2D eigenvalue weighted by atomic mass is 16.6. The summed E-state index contributed by atoms with van der Waals surface area (Å²) in [5, 5.41) is 8.13. The Morgan fingerprint density at radius 1 is 0.932 bits per heavy atom. The normalized spacial score (nSPS) is 15.7. The number of amides is 4. The Kier molecular flexibility index (Phi) is 15.4. The third kappa shape index (κ3) is 12.5. The van der Waals surface area contributed by atoms with Gasteiger partial charge in [0.25, 0.3) is 0 Å². The van der Waals surface area contributed by atoms with Gasteiger partial charge in [0, 0.05) is 32.0 Å². The molecule has 1 heterocycles. The van der Waals surface area contributed by atoms with Gasteiger partial charge in [-0.15, -0.1) is 12.3 Å². The third-order valence-electron chi connectivity index (χ3n) is 10.5. The number of ether oxygens (including phenoxy) is 4. The van der Waals surface area contributed by atoms with E-state index in [1.165, 1.54) is 7.11 Å². The molecule has 1 unspecified atom stereocenters. The summed E-state index contributed by atoms with van der Waals surface area (Å²) < 4.78 is 21.9. The number of nitrogens with zero attached hydrogens (tertiary/aromatic N) is 1. The zero-order valence-corrected chi connectivity index (χ0v) is 34.6. The molecule has 3 aromatic carbocycles. The highest BCUT2D eigenvalue weighted by Crippen LogP contribution is 2.44. The summed E-state index contributed by atoms with van der Waals surface area (Å²) >= 11 is 0. The van der Waals surface area contributed by atoms with E-state index in [9.17, 15) is 24.0 Å². The van der Waals surface area contributed by atoms with E-state index in [0.29, 0.717) is 31.9 Å². The second kappa shape index (κ2) is 20.6. The van der Waals surface area contributed by atoms with Gasteiger partial charge in [0.05, 0.1) is 20.1 Å². The number of alkyl carbamates (subject to hydrolysis) is 2. The number of carbonyl (C=O) groups excluding carboxylic acids is 5. The van der Waals surface area contributed by atoms with Crippen molar-refractivity contribution in [2.45, 2.75) is 96.4 Å². The molecule has 4 amide bonds. The van der Waals surface area contributed by atoms with Gasteiger partial charge in [-0.25, -0.2) is 14.4 Å². The van der Waals surface area contributed by atoms with E-state index >= 15 is 0 Å². The van der Waals surface area contributed by atoms with E-state index < -0.39 is 35.8 Å². The van der Waals surface area contributed by atoms with Gasteiger partial charge in [0.1, 0.15) is 30.0 Å². The molecular weight excluding hydrogens is 753 g/mol. The molecule has 5 rings (SSSR count). The number of methoxy groups -OCH3 is 1. The Hall–Kier alpha value is -6.03. The monoisotopic (exact) mass is 808 g/mol. The molecule has 1 saturated heterocycles. The number of piperidine rings is 1. The molecule has 2 aliphatic rings. The first-order valence-electron chi connectivity index (χ1n) is 20.2. The van der Waals surface area contributed by atoms with E-state index in [1.807, 2.05) is 61.5 Å². The number of terminal acetylenes is 1. The summed E-state index contributed by atoms with van der Waals surface area (Å²) in [5.74, 6) is 1.88. The first-order chi connectivity index (χ1) is 28.3. The minimum atomic E-state index is -1.17. The molecule has 13 heteroatoms. The minimum absolute atomic E-state index is 0.112. The maximum Gasteiger partial charge on any atom is 0.408 e. The molecule has 314 valence electrons. The van der Waals surface area contributed by atoms with Crippen LogP contribution in [0.15, 0.2) is 66.7 Å².